The summed E-state index contributed by atoms with van der Waals surface area (Å²) in [7, 11) is 0. The summed E-state index contributed by atoms with van der Waals surface area (Å²) in [6.07, 6.45) is 3.35. The highest BCUT2D eigenvalue weighted by Gasteiger charge is 2.42. The van der Waals surface area contributed by atoms with Gasteiger partial charge in [-0.25, -0.2) is 10.6 Å². The van der Waals surface area contributed by atoms with Crippen LogP contribution in [-0.4, -0.2) is 40.8 Å². The molecule has 0 aliphatic carbocycles. The molecule has 2 heterocycles. The zero-order chi connectivity index (χ0) is 22.1. The first-order chi connectivity index (χ1) is 15.1. The van der Waals surface area contributed by atoms with Gasteiger partial charge in [0.15, 0.2) is 5.78 Å². The highest BCUT2D eigenvalue weighted by atomic mass is 32.2. The Balaban J connectivity index is 0.000000179. The van der Waals surface area contributed by atoms with Crippen molar-refractivity contribution in [3.05, 3.63) is 71.8 Å². The molecule has 7 nitrogen and oxygen atoms in total. The highest BCUT2D eigenvalue weighted by molar-refractivity contribution is 8.00. The van der Waals surface area contributed by atoms with Gasteiger partial charge in [-0.3, -0.25) is 15.0 Å². The number of benzene rings is 2. The molecule has 0 saturated carbocycles. The zero-order valence-corrected chi connectivity index (χ0v) is 18.1. The molecule has 31 heavy (non-hydrogen) atoms. The van der Waals surface area contributed by atoms with Crippen molar-refractivity contribution >= 4 is 29.5 Å². The third-order valence-corrected chi connectivity index (χ3v) is 6.82. The lowest BCUT2D eigenvalue weighted by molar-refractivity contribution is -0.121. The average molecular weight is 441 g/mol. The van der Waals surface area contributed by atoms with Crippen LogP contribution in [-0.2, 0) is 4.79 Å². The van der Waals surface area contributed by atoms with Gasteiger partial charge >= 0.3 is 6.03 Å². The van der Waals surface area contributed by atoms with Crippen molar-refractivity contribution < 1.29 is 14.4 Å². The van der Waals surface area contributed by atoms with Crippen molar-refractivity contribution in [1.29, 1.82) is 0 Å². The summed E-state index contributed by atoms with van der Waals surface area (Å²) in [6, 6.07) is 19.1. The summed E-state index contributed by atoms with van der Waals surface area (Å²) in [5.41, 5.74) is 3.59. The lowest BCUT2D eigenvalue weighted by Crippen LogP contribution is -2.36. The molecule has 0 unspecified atom stereocenters. The van der Waals surface area contributed by atoms with Crippen molar-refractivity contribution in [3.63, 3.8) is 0 Å². The fraction of sp³-hybridized carbons (Fsp3) is 0.348. The fourth-order valence-electron chi connectivity index (χ4n) is 3.69. The number of amides is 3. The summed E-state index contributed by atoms with van der Waals surface area (Å²) >= 11 is 1.90. The molecule has 0 aromatic heterocycles. The van der Waals surface area contributed by atoms with Gasteiger partial charge in [-0.05, 0) is 12.8 Å². The number of carbonyl (C=O) groups excluding carboxylic acids is 3. The quantitative estimate of drug-likeness (QED) is 0.132. The Kier molecular flexibility index (Phi) is 8.49. The monoisotopic (exact) mass is 440 g/mol. The van der Waals surface area contributed by atoms with Crippen LogP contribution in [0, 0.1) is 0 Å². The summed E-state index contributed by atoms with van der Waals surface area (Å²) in [5.74, 6) is 5.95. The molecule has 2 aromatic rings. The molecule has 2 saturated heterocycles. The van der Waals surface area contributed by atoms with Crippen molar-refractivity contribution in [2.24, 2.45) is 5.84 Å². The molecule has 3 amide bonds. The Hall–Kier alpha value is -2.84. The molecule has 2 aliphatic heterocycles. The zero-order valence-electron chi connectivity index (χ0n) is 17.3. The van der Waals surface area contributed by atoms with Crippen LogP contribution >= 0.6 is 11.8 Å². The summed E-state index contributed by atoms with van der Waals surface area (Å²) in [5, 5.41) is 6.34. The Labute approximate surface area is 186 Å². The van der Waals surface area contributed by atoms with E-state index >= 15 is 0 Å². The molecule has 2 aromatic carbocycles. The van der Waals surface area contributed by atoms with Crippen LogP contribution in [0.15, 0.2) is 60.7 Å². The first-order valence-electron chi connectivity index (χ1n) is 10.4. The summed E-state index contributed by atoms with van der Waals surface area (Å²) < 4.78 is 0. The van der Waals surface area contributed by atoms with Gasteiger partial charge in [-0.2, -0.15) is 11.8 Å². The summed E-state index contributed by atoms with van der Waals surface area (Å²) in [4.78, 5) is 33.9. The second-order valence-electron chi connectivity index (χ2n) is 7.50. The van der Waals surface area contributed by atoms with Crippen LogP contribution in [0.2, 0.25) is 0 Å². The molecule has 2 aliphatic rings. The molecule has 0 spiro atoms. The fourth-order valence-corrected chi connectivity index (χ4v) is 5.24. The number of unbranched alkanes of at least 4 members (excludes halogenated alkanes) is 1. The first-order valence-corrected chi connectivity index (χ1v) is 11.5. The van der Waals surface area contributed by atoms with E-state index in [1.165, 1.54) is 0 Å². The van der Waals surface area contributed by atoms with Gasteiger partial charge in [-0.1, -0.05) is 67.1 Å². The molecule has 8 heteroatoms. The van der Waals surface area contributed by atoms with E-state index < -0.39 is 0 Å². The average Bonchev–Trinajstić information content (AvgIpc) is 3.37. The van der Waals surface area contributed by atoms with Crippen LogP contribution in [0.25, 0.3) is 0 Å². The number of hydrazine groups is 1. The number of urea groups is 1. The van der Waals surface area contributed by atoms with Gasteiger partial charge in [0.1, 0.15) is 0 Å². The minimum atomic E-state index is -0.113. The predicted molar refractivity (Wildman–Crippen MR) is 123 cm³/mol. The number of nitrogens with one attached hydrogen (secondary N) is 3. The van der Waals surface area contributed by atoms with Crippen molar-refractivity contribution in [2.75, 3.05) is 5.75 Å². The van der Waals surface area contributed by atoms with Crippen molar-refractivity contribution in [1.82, 2.24) is 16.1 Å². The number of thioether (sulfide) groups is 1. The maximum atomic E-state index is 11.8. The van der Waals surface area contributed by atoms with Gasteiger partial charge < -0.3 is 10.6 Å². The Morgan fingerprint density at radius 2 is 1.58 bits per heavy atom. The highest BCUT2D eigenvalue weighted by Crippen LogP contribution is 2.33. The van der Waals surface area contributed by atoms with Crippen LogP contribution in [0.5, 0.6) is 0 Å². The maximum absolute atomic E-state index is 11.8. The Bertz CT molecular complexity index is 837. The minimum Gasteiger partial charge on any atom is -0.332 e. The van der Waals surface area contributed by atoms with E-state index in [0.29, 0.717) is 11.7 Å². The van der Waals surface area contributed by atoms with E-state index in [2.05, 4.69) is 16.1 Å². The van der Waals surface area contributed by atoms with E-state index in [1.807, 2.05) is 72.4 Å². The smallest absolute Gasteiger partial charge is 0.315 e. The summed E-state index contributed by atoms with van der Waals surface area (Å²) in [6.45, 7) is 0. The molecule has 164 valence electrons. The number of hydrogen-bond donors (Lipinski definition) is 4. The molecular formula is C23H28N4O3S. The number of carbonyl (C=O) groups is 3. The molecule has 2 fully saturated rings. The Morgan fingerprint density at radius 1 is 0.968 bits per heavy atom. The third-order valence-electron chi connectivity index (χ3n) is 5.31. The van der Waals surface area contributed by atoms with Gasteiger partial charge in [0.2, 0.25) is 5.91 Å². The molecular weight excluding hydrogens is 412 g/mol. The standard InChI is InChI=1S/C13H10O.C10H18N4O2S/c14-13(11-7-3-1-4-8-11)12-9-5-2-6-10-12;11-14-8(15)4-2-1-3-7-9-6(5-17-7)12-10(16)13-9/h1-10H;6-7,9H,1-5,11H2,(H,14,15)(H2,12,13,16)/t;6-,7-,9-/m.0/s1. The SMILES string of the molecule is NNC(=O)CCCC[C@@H]1SC[C@@H]2NC(=O)N[C@@H]21.O=C(c1ccccc1)c1ccccc1. The molecule has 5 N–H and O–H groups in total. The van der Waals surface area contributed by atoms with Crippen molar-refractivity contribution in [3.8, 4) is 0 Å². The number of ketones is 1. The second-order valence-corrected chi connectivity index (χ2v) is 8.77. The van der Waals surface area contributed by atoms with Gasteiger partial charge in [0.05, 0.1) is 12.1 Å². The lowest BCUT2D eigenvalue weighted by Gasteiger charge is -2.16. The van der Waals surface area contributed by atoms with Crippen molar-refractivity contribution in [2.45, 2.75) is 43.0 Å². The third kappa shape index (κ3) is 6.57. The number of hydrogen-bond acceptors (Lipinski definition) is 5. The topological polar surface area (TPSA) is 113 Å². The van der Waals surface area contributed by atoms with E-state index in [4.69, 9.17) is 5.84 Å². The lowest BCUT2D eigenvalue weighted by atomic mass is 10.0. The minimum absolute atomic E-state index is 0.0483. The van der Waals surface area contributed by atoms with Crippen LogP contribution < -0.4 is 21.9 Å². The molecule has 4 rings (SSSR count). The number of fused-ring (bicyclic) bond motifs is 1. The molecule has 3 atom stereocenters. The Morgan fingerprint density at radius 3 is 2.16 bits per heavy atom. The first kappa shape index (κ1) is 22.8. The maximum Gasteiger partial charge on any atom is 0.315 e. The number of nitrogens with two attached hydrogens (primary N) is 1. The van der Waals surface area contributed by atoms with Gasteiger partial charge in [0, 0.05) is 28.6 Å². The van der Waals surface area contributed by atoms with E-state index in [9.17, 15) is 14.4 Å². The van der Waals surface area contributed by atoms with Crippen LogP contribution in [0.3, 0.4) is 0 Å². The predicted octanol–water partition coefficient (Wildman–Crippen LogP) is 2.62. The normalized spacial score (nSPS) is 21.2. The largest absolute Gasteiger partial charge is 0.332 e. The van der Waals surface area contributed by atoms with Gasteiger partial charge in [-0.15, -0.1) is 0 Å². The van der Waals surface area contributed by atoms with E-state index in [1.54, 1.807) is 0 Å². The van der Waals surface area contributed by atoms with Crippen LogP contribution in [0.4, 0.5) is 4.79 Å². The molecule has 0 radical (unpaired) electrons. The second kappa shape index (κ2) is 11.5. The van der Waals surface area contributed by atoms with Gasteiger partial charge in [0.25, 0.3) is 0 Å². The van der Waals surface area contributed by atoms with Crippen LogP contribution in [0.1, 0.15) is 41.6 Å². The number of rotatable bonds is 7. The van der Waals surface area contributed by atoms with E-state index in [0.717, 1.165) is 36.1 Å². The molecule has 0 bridgehead atoms. The van der Waals surface area contributed by atoms with E-state index in [-0.39, 0.29) is 29.8 Å².